The average Bonchev–Trinajstić information content (AvgIpc) is 2.82. The first-order valence-corrected chi connectivity index (χ1v) is 11.9. The number of rotatable bonds is 30. The number of aliphatic carboxylic acids is 2. The summed E-state index contributed by atoms with van der Waals surface area (Å²) in [6, 6.07) is 0. The van der Waals surface area contributed by atoms with Gasteiger partial charge in [0.05, 0.1) is 119 Å². The Morgan fingerprint density at radius 2 is 0.629 bits per heavy atom. The van der Waals surface area contributed by atoms with Gasteiger partial charge in [-0.15, -0.1) is 0 Å². The Kier molecular flexibility index (Phi) is 27.6. The van der Waals surface area contributed by atoms with E-state index in [1.54, 1.807) is 0 Å². The number of carboxylic acid groups (broad SMARTS) is 2. The molecule has 0 aromatic heterocycles. The molecule has 0 rings (SSSR count). The van der Waals surface area contributed by atoms with Crippen LogP contribution in [0.5, 0.6) is 0 Å². The lowest BCUT2D eigenvalue weighted by molar-refractivity contribution is -0.139. The van der Waals surface area contributed by atoms with Gasteiger partial charge in [-0.2, -0.15) is 0 Å². The van der Waals surface area contributed by atoms with E-state index in [2.05, 4.69) is 5.32 Å². The molecule has 35 heavy (non-hydrogen) atoms. The maximum absolute atomic E-state index is 10.3. The van der Waals surface area contributed by atoms with Crippen molar-refractivity contribution >= 4 is 11.9 Å². The third kappa shape index (κ3) is 32.6. The van der Waals surface area contributed by atoms with Gasteiger partial charge < -0.3 is 53.4 Å². The second-order valence-corrected chi connectivity index (χ2v) is 6.94. The maximum atomic E-state index is 10.3. The number of carbonyl (C=O) groups is 2. The molecule has 0 heterocycles. The monoisotopic (exact) mass is 513 g/mol. The van der Waals surface area contributed by atoms with Crippen molar-refractivity contribution in [2.45, 2.75) is 12.8 Å². The van der Waals surface area contributed by atoms with Gasteiger partial charge in [0.2, 0.25) is 0 Å². The molecule has 0 unspecified atom stereocenters. The summed E-state index contributed by atoms with van der Waals surface area (Å²) < 4.78 is 42.5. The van der Waals surface area contributed by atoms with Gasteiger partial charge in [0.15, 0.2) is 0 Å². The van der Waals surface area contributed by atoms with Crippen molar-refractivity contribution in [2.75, 3.05) is 119 Å². The molecule has 0 spiro atoms. The van der Waals surface area contributed by atoms with Crippen molar-refractivity contribution in [2.24, 2.45) is 0 Å². The predicted molar refractivity (Wildman–Crippen MR) is 124 cm³/mol. The first kappa shape index (κ1) is 33.6. The lowest BCUT2D eigenvalue weighted by atomic mass is 10.5. The fraction of sp³-hybridized carbons (Fsp3) is 0.909. The number of nitrogens with one attached hydrogen (secondary N) is 1. The fourth-order valence-electron chi connectivity index (χ4n) is 2.26. The van der Waals surface area contributed by atoms with E-state index in [0.29, 0.717) is 92.5 Å². The van der Waals surface area contributed by atoms with Gasteiger partial charge in [-0.1, -0.05) is 0 Å². The van der Waals surface area contributed by atoms with E-state index < -0.39 is 11.9 Å². The van der Waals surface area contributed by atoms with E-state index >= 15 is 0 Å². The molecule has 13 nitrogen and oxygen atoms in total. The molecule has 0 radical (unpaired) electrons. The van der Waals surface area contributed by atoms with Gasteiger partial charge in [-0.25, -0.2) is 0 Å². The van der Waals surface area contributed by atoms with Crippen LogP contribution in [0.25, 0.3) is 0 Å². The highest BCUT2D eigenvalue weighted by molar-refractivity contribution is 5.67. The molecule has 0 aromatic carbocycles. The van der Waals surface area contributed by atoms with E-state index in [4.69, 9.17) is 48.1 Å². The molecule has 3 N–H and O–H groups in total. The molecule has 0 aliphatic heterocycles. The number of carboxylic acids is 2. The summed E-state index contributed by atoms with van der Waals surface area (Å²) in [4.78, 5) is 20.6. The molecule has 0 saturated heterocycles. The van der Waals surface area contributed by atoms with Crippen molar-refractivity contribution in [3.05, 3.63) is 0 Å². The Morgan fingerprint density at radius 1 is 0.400 bits per heavy atom. The van der Waals surface area contributed by atoms with E-state index in [9.17, 15) is 9.59 Å². The number of ether oxygens (including phenoxy) is 8. The average molecular weight is 514 g/mol. The Hall–Kier alpha value is -1.42. The Morgan fingerprint density at radius 3 is 0.886 bits per heavy atom. The molecular formula is C22H43NO12. The van der Waals surface area contributed by atoms with Gasteiger partial charge in [0.1, 0.15) is 0 Å². The Balaban J connectivity index is 3.03. The van der Waals surface area contributed by atoms with Crippen LogP contribution in [0, 0.1) is 0 Å². The number of hydrogen-bond acceptors (Lipinski definition) is 11. The van der Waals surface area contributed by atoms with Gasteiger partial charge in [0, 0.05) is 13.1 Å². The summed E-state index contributed by atoms with van der Waals surface area (Å²) in [6.45, 7) is 8.41. The SMILES string of the molecule is O=C(O)CCOCCOCCOCCOCCNCCOCCOCCOCCOCCC(=O)O. The van der Waals surface area contributed by atoms with Gasteiger partial charge in [0.25, 0.3) is 0 Å². The quantitative estimate of drug-likeness (QED) is 0.107. The Bertz CT molecular complexity index is 430. The molecule has 0 fully saturated rings. The van der Waals surface area contributed by atoms with Crippen LogP contribution in [-0.2, 0) is 47.5 Å². The van der Waals surface area contributed by atoms with E-state index in [1.165, 1.54) is 0 Å². The van der Waals surface area contributed by atoms with Gasteiger partial charge in [-0.05, 0) is 0 Å². The van der Waals surface area contributed by atoms with Crippen LogP contribution in [-0.4, -0.2) is 141 Å². The molecule has 0 aromatic rings. The lowest BCUT2D eigenvalue weighted by Crippen LogP contribution is -2.25. The smallest absolute Gasteiger partial charge is 0.305 e. The second-order valence-electron chi connectivity index (χ2n) is 6.94. The van der Waals surface area contributed by atoms with Crippen molar-refractivity contribution in [1.29, 1.82) is 0 Å². The Labute approximate surface area is 207 Å². The van der Waals surface area contributed by atoms with Crippen LogP contribution < -0.4 is 5.32 Å². The zero-order valence-corrected chi connectivity index (χ0v) is 20.6. The molecule has 208 valence electrons. The van der Waals surface area contributed by atoms with Crippen LogP contribution >= 0.6 is 0 Å². The zero-order valence-electron chi connectivity index (χ0n) is 20.6. The third-order valence-corrected chi connectivity index (χ3v) is 4.00. The minimum absolute atomic E-state index is 0.00109. The predicted octanol–water partition coefficient (Wildman–Crippen LogP) is -0.342. The first-order valence-electron chi connectivity index (χ1n) is 11.9. The standard InChI is InChI=1S/C22H43NO12/c24-21(25)1-5-28-9-13-32-17-19-34-15-11-30-7-3-23-4-8-31-12-16-35-20-18-33-14-10-29-6-2-22(26)27/h23H,1-20H2,(H,24,25)(H,26,27). The van der Waals surface area contributed by atoms with Crippen LogP contribution in [0.15, 0.2) is 0 Å². The molecule has 0 atom stereocenters. The zero-order chi connectivity index (χ0) is 25.7. The van der Waals surface area contributed by atoms with Crippen molar-refractivity contribution in [1.82, 2.24) is 5.32 Å². The molecule has 0 saturated carbocycles. The summed E-state index contributed by atoms with van der Waals surface area (Å²) in [5.74, 6) is -1.75. The third-order valence-electron chi connectivity index (χ3n) is 4.00. The van der Waals surface area contributed by atoms with Crippen LogP contribution in [0.2, 0.25) is 0 Å². The molecule has 0 aliphatic rings. The molecule has 13 heteroatoms. The van der Waals surface area contributed by atoms with E-state index in [-0.39, 0.29) is 26.1 Å². The van der Waals surface area contributed by atoms with E-state index in [1.807, 2.05) is 0 Å². The highest BCUT2D eigenvalue weighted by Crippen LogP contribution is 1.87. The van der Waals surface area contributed by atoms with Crippen LogP contribution in [0.4, 0.5) is 0 Å². The normalized spacial score (nSPS) is 11.2. The topological polar surface area (TPSA) is 160 Å². The van der Waals surface area contributed by atoms with Crippen molar-refractivity contribution < 1.29 is 57.7 Å². The van der Waals surface area contributed by atoms with Crippen LogP contribution in [0.1, 0.15) is 12.8 Å². The maximum Gasteiger partial charge on any atom is 0.305 e. The fourth-order valence-corrected chi connectivity index (χ4v) is 2.26. The molecule has 0 amide bonds. The highest BCUT2D eigenvalue weighted by atomic mass is 16.6. The molecular weight excluding hydrogens is 470 g/mol. The lowest BCUT2D eigenvalue weighted by Gasteiger charge is -2.09. The highest BCUT2D eigenvalue weighted by Gasteiger charge is 1.98. The van der Waals surface area contributed by atoms with Crippen LogP contribution in [0.3, 0.4) is 0 Å². The molecule has 0 aliphatic carbocycles. The molecule has 0 bridgehead atoms. The number of hydrogen-bond donors (Lipinski definition) is 3. The minimum atomic E-state index is -0.874. The summed E-state index contributed by atoms with van der Waals surface area (Å²) in [5, 5.41) is 20.1. The van der Waals surface area contributed by atoms with Crippen molar-refractivity contribution in [3.63, 3.8) is 0 Å². The largest absolute Gasteiger partial charge is 0.481 e. The minimum Gasteiger partial charge on any atom is -0.481 e. The van der Waals surface area contributed by atoms with E-state index in [0.717, 1.165) is 13.1 Å². The summed E-state index contributed by atoms with van der Waals surface area (Å²) in [5.41, 5.74) is 0. The second kappa shape index (κ2) is 28.8. The summed E-state index contributed by atoms with van der Waals surface area (Å²) in [6.07, 6.45) is -0.00219. The van der Waals surface area contributed by atoms with Crippen molar-refractivity contribution in [3.8, 4) is 0 Å². The summed E-state index contributed by atoms with van der Waals surface area (Å²) >= 11 is 0. The van der Waals surface area contributed by atoms with Gasteiger partial charge >= 0.3 is 11.9 Å². The van der Waals surface area contributed by atoms with Gasteiger partial charge in [-0.3, -0.25) is 9.59 Å². The first-order chi connectivity index (χ1) is 17.1. The summed E-state index contributed by atoms with van der Waals surface area (Å²) in [7, 11) is 0.